The Morgan fingerprint density at radius 3 is 2.61 bits per heavy atom. The fourth-order valence-electron chi connectivity index (χ4n) is 1.46. The van der Waals surface area contributed by atoms with Gasteiger partial charge in [-0.05, 0) is 32.9 Å². The summed E-state index contributed by atoms with van der Waals surface area (Å²) in [5.41, 5.74) is 0.500. The predicted octanol–water partition coefficient (Wildman–Crippen LogP) is 2.95. The van der Waals surface area contributed by atoms with Crippen molar-refractivity contribution in [1.29, 1.82) is 0 Å². The van der Waals surface area contributed by atoms with E-state index in [1.807, 2.05) is 26.8 Å². The molecule has 0 saturated heterocycles. The summed E-state index contributed by atoms with van der Waals surface area (Å²) in [5.74, 6) is 0.665. The van der Waals surface area contributed by atoms with Gasteiger partial charge in [-0.2, -0.15) is 0 Å². The number of ether oxygens (including phenoxy) is 1. The molecule has 1 rings (SSSR count). The molecule has 0 aliphatic rings. The van der Waals surface area contributed by atoms with Gasteiger partial charge in [0.15, 0.2) is 0 Å². The molecular formula is C13H19ClN2O2. The monoisotopic (exact) mass is 270 g/mol. The fraction of sp³-hybridized carbons (Fsp3) is 0.462. The molecule has 0 spiro atoms. The molecule has 2 N–H and O–H groups in total. The second-order valence-electron chi connectivity index (χ2n) is 4.98. The maximum absolute atomic E-state index is 11.6. The smallest absolute Gasteiger partial charge is 0.315 e. The SMILES string of the molecule is COc1cccc(Cl)c1CNC(=O)NC(C)(C)C. The Hall–Kier alpha value is -1.42. The average molecular weight is 271 g/mol. The summed E-state index contributed by atoms with van der Waals surface area (Å²) in [7, 11) is 1.57. The number of urea groups is 1. The summed E-state index contributed by atoms with van der Waals surface area (Å²) in [6.45, 7) is 6.08. The lowest BCUT2D eigenvalue weighted by Gasteiger charge is -2.21. The molecule has 0 unspecified atom stereocenters. The highest BCUT2D eigenvalue weighted by Gasteiger charge is 2.14. The summed E-state index contributed by atoms with van der Waals surface area (Å²) in [4.78, 5) is 11.6. The van der Waals surface area contributed by atoms with Crippen LogP contribution in [0.5, 0.6) is 5.75 Å². The summed E-state index contributed by atoms with van der Waals surface area (Å²) in [5, 5.41) is 6.14. The van der Waals surface area contributed by atoms with E-state index in [1.165, 1.54) is 0 Å². The van der Waals surface area contributed by atoms with Crippen molar-refractivity contribution < 1.29 is 9.53 Å². The van der Waals surface area contributed by atoms with Crippen LogP contribution < -0.4 is 15.4 Å². The van der Waals surface area contributed by atoms with Crippen LogP contribution in [0.15, 0.2) is 18.2 Å². The van der Waals surface area contributed by atoms with Crippen molar-refractivity contribution in [2.75, 3.05) is 7.11 Å². The summed E-state index contributed by atoms with van der Waals surface area (Å²) < 4.78 is 5.20. The van der Waals surface area contributed by atoms with Gasteiger partial charge >= 0.3 is 6.03 Å². The number of methoxy groups -OCH3 is 1. The minimum atomic E-state index is -0.269. The maximum atomic E-state index is 11.6. The van der Waals surface area contributed by atoms with Crippen molar-refractivity contribution in [3.63, 3.8) is 0 Å². The van der Waals surface area contributed by atoms with E-state index in [9.17, 15) is 4.79 Å². The highest BCUT2D eigenvalue weighted by molar-refractivity contribution is 6.31. The number of amides is 2. The van der Waals surface area contributed by atoms with Crippen LogP contribution in [0.25, 0.3) is 0 Å². The first kappa shape index (κ1) is 14.6. The van der Waals surface area contributed by atoms with E-state index in [0.717, 1.165) is 5.56 Å². The van der Waals surface area contributed by atoms with Crippen molar-refractivity contribution in [2.45, 2.75) is 32.9 Å². The van der Waals surface area contributed by atoms with Crippen LogP contribution in [0.2, 0.25) is 5.02 Å². The predicted molar refractivity (Wildman–Crippen MR) is 73.1 cm³/mol. The van der Waals surface area contributed by atoms with Crippen molar-refractivity contribution in [1.82, 2.24) is 10.6 Å². The van der Waals surface area contributed by atoms with Crippen LogP contribution in [0.1, 0.15) is 26.3 Å². The number of nitrogens with one attached hydrogen (secondary N) is 2. The zero-order valence-electron chi connectivity index (χ0n) is 11.1. The molecule has 0 saturated carbocycles. The van der Waals surface area contributed by atoms with Gasteiger partial charge in [-0.25, -0.2) is 4.79 Å². The molecule has 4 nitrogen and oxygen atoms in total. The molecule has 1 aromatic carbocycles. The van der Waals surface area contributed by atoms with Crippen LogP contribution in [0.4, 0.5) is 4.79 Å². The Morgan fingerprint density at radius 1 is 1.39 bits per heavy atom. The van der Waals surface area contributed by atoms with E-state index in [0.29, 0.717) is 17.3 Å². The highest BCUT2D eigenvalue weighted by Crippen LogP contribution is 2.25. The third kappa shape index (κ3) is 4.45. The van der Waals surface area contributed by atoms with Crippen molar-refractivity contribution >= 4 is 17.6 Å². The highest BCUT2D eigenvalue weighted by atomic mass is 35.5. The second-order valence-corrected chi connectivity index (χ2v) is 5.39. The molecule has 0 radical (unpaired) electrons. The summed E-state index contributed by atoms with van der Waals surface area (Å²) in [6, 6.07) is 5.15. The first-order chi connectivity index (χ1) is 8.33. The topological polar surface area (TPSA) is 50.4 Å². The summed E-state index contributed by atoms with van der Waals surface area (Å²) >= 11 is 6.07. The Bertz CT molecular complexity index is 427. The number of carbonyl (C=O) groups excluding carboxylic acids is 1. The molecule has 0 aromatic heterocycles. The molecule has 5 heteroatoms. The Balaban J connectivity index is 2.66. The molecule has 0 aliphatic heterocycles. The lowest BCUT2D eigenvalue weighted by molar-refractivity contribution is 0.231. The largest absolute Gasteiger partial charge is 0.496 e. The number of hydrogen-bond acceptors (Lipinski definition) is 2. The molecule has 0 aliphatic carbocycles. The number of carbonyl (C=O) groups is 1. The van der Waals surface area contributed by atoms with E-state index < -0.39 is 0 Å². The molecule has 2 amide bonds. The number of halogens is 1. The first-order valence-corrected chi connectivity index (χ1v) is 6.08. The van der Waals surface area contributed by atoms with Gasteiger partial charge in [0.2, 0.25) is 0 Å². The minimum absolute atomic E-state index is 0.232. The van der Waals surface area contributed by atoms with Gasteiger partial charge in [0, 0.05) is 22.7 Å². The van der Waals surface area contributed by atoms with E-state index in [1.54, 1.807) is 19.2 Å². The molecule has 1 aromatic rings. The van der Waals surface area contributed by atoms with Crippen LogP contribution in [0, 0.1) is 0 Å². The van der Waals surface area contributed by atoms with E-state index >= 15 is 0 Å². The van der Waals surface area contributed by atoms with Crippen LogP contribution in [-0.2, 0) is 6.54 Å². The molecule has 18 heavy (non-hydrogen) atoms. The average Bonchev–Trinajstić information content (AvgIpc) is 2.24. The van der Waals surface area contributed by atoms with Gasteiger partial charge in [-0.3, -0.25) is 0 Å². The molecule has 0 fully saturated rings. The standard InChI is InChI=1S/C13H19ClN2O2/c1-13(2,3)16-12(17)15-8-9-10(14)6-5-7-11(9)18-4/h5-7H,8H2,1-4H3,(H2,15,16,17). The van der Waals surface area contributed by atoms with E-state index in [4.69, 9.17) is 16.3 Å². The third-order valence-electron chi connectivity index (χ3n) is 2.21. The Kier molecular flexibility index (Phi) is 4.84. The van der Waals surface area contributed by atoms with E-state index in [-0.39, 0.29) is 11.6 Å². The molecule has 0 atom stereocenters. The van der Waals surface area contributed by atoms with Gasteiger partial charge in [-0.1, -0.05) is 17.7 Å². The first-order valence-electron chi connectivity index (χ1n) is 5.71. The van der Waals surface area contributed by atoms with Crippen LogP contribution in [0.3, 0.4) is 0 Å². The van der Waals surface area contributed by atoms with Crippen LogP contribution >= 0.6 is 11.6 Å². The lowest BCUT2D eigenvalue weighted by Crippen LogP contribution is -2.46. The Morgan fingerprint density at radius 2 is 2.06 bits per heavy atom. The maximum Gasteiger partial charge on any atom is 0.315 e. The molecular weight excluding hydrogens is 252 g/mol. The van der Waals surface area contributed by atoms with Gasteiger partial charge in [0.05, 0.1) is 7.11 Å². The van der Waals surface area contributed by atoms with Gasteiger partial charge in [0.25, 0.3) is 0 Å². The van der Waals surface area contributed by atoms with Crippen molar-refractivity contribution in [3.05, 3.63) is 28.8 Å². The zero-order chi connectivity index (χ0) is 13.8. The number of rotatable bonds is 3. The van der Waals surface area contributed by atoms with Crippen LogP contribution in [-0.4, -0.2) is 18.7 Å². The van der Waals surface area contributed by atoms with Crippen molar-refractivity contribution in [2.24, 2.45) is 0 Å². The normalized spacial score (nSPS) is 10.9. The second kappa shape index (κ2) is 5.96. The quantitative estimate of drug-likeness (QED) is 0.887. The summed E-state index contributed by atoms with van der Waals surface area (Å²) in [6.07, 6.45) is 0. The third-order valence-corrected chi connectivity index (χ3v) is 2.56. The Labute approximate surface area is 113 Å². The van der Waals surface area contributed by atoms with Gasteiger partial charge in [-0.15, -0.1) is 0 Å². The zero-order valence-corrected chi connectivity index (χ0v) is 11.9. The molecule has 100 valence electrons. The minimum Gasteiger partial charge on any atom is -0.496 e. The fourth-order valence-corrected chi connectivity index (χ4v) is 1.69. The number of hydrogen-bond donors (Lipinski definition) is 2. The molecule has 0 bridgehead atoms. The van der Waals surface area contributed by atoms with Gasteiger partial charge < -0.3 is 15.4 Å². The van der Waals surface area contributed by atoms with E-state index in [2.05, 4.69) is 10.6 Å². The molecule has 0 heterocycles. The van der Waals surface area contributed by atoms with Gasteiger partial charge in [0.1, 0.15) is 5.75 Å². The van der Waals surface area contributed by atoms with Crippen molar-refractivity contribution in [3.8, 4) is 5.75 Å². The lowest BCUT2D eigenvalue weighted by atomic mass is 10.1. The number of benzene rings is 1.